The van der Waals surface area contributed by atoms with Crippen LogP contribution in [0.3, 0.4) is 0 Å². The van der Waals surface area contributed by atoms with Gasteiger partial charge in [-0.2, -0.15) is 0 Å². The van der Waals surface area contributed by atoms with Crippen molar-refractivity contribution in [2.75, 3.05) is 13.1 Å². The van der Waals surface area contributed by atoms with E-state index in [1.807, 2.05) is 0 Å². The molecule has 2 fully saturated rings. The Hall–Kier alpha value is -0.830. The van der Waals surface area contributed by atoms with Gasteiger partial charge in [-0.1, -0.05) is 0 Å². The maximum Gasteiger partial charge on any atom is 0.201 e. The van der Waals surface area contributed by atoms with Crippen molar-refractivity contribution in [3.63, 3.8) is 0 Å². The SMILES string of the molecule is c1coc(C23CNCC2C3)n1. The molecule has 2 heterocycles. The zero-order valence-electron chi connectivity index (χ0n) is 6.21. The van der Waals surface area contributed by atoms with E-state index in [0.717, 1.165) is 24.9 Å². The summed E-state index contributed by atoms with van der Waals surface area (Å²) in [6.45, 7) is 2.19. The number of oxazole rings is 1. The molecule has 3 heteroatoms. The molecule has 2 unspecified atom stereocenters. The van der Waals surface area contributed by atoms with Crippen LogP contribution in [0, 0.1) is 5.92 Å². The molecule has 2 atom stereocenters. The van der Waals surface area contributed by atoms with Gasteiger partial charge < -0.3 is 9.73 Å². The van der Waals surface area contributed by atoms with E-state index in [9.17, 15) is 0 Å². The van der Waals surface area contributed by atoms with E-state index in [4.69, 9.17) is 4.42 Å². The van der Waals surface area contributed by atoms with Gasteiger partial charge in [0, 0.05) is 6.54 Å². The normalized spacial score (nSPS) is 40.5. The van der Waals surface area contributed by atoms with Crippen molar-refractivity contribution in [3.8, 4) is 0 Å². The summed E-state index contributed by atoms with van der Waals surface area (Å²) < 4.78 is 5.31. The Labute approximate surface area is 64.8 Å². The fourth-order valence-electron chi connectivity index (χ4n) is 2.14. The highest BCUT2D eigenvalue weighted by Crippen LogP contribution is 2.55. The van der Waals surface area contributed by atoms with Gasteiger partial charge in [0.25, 0.3) is 0 Å². The van der Waals surface area contributed by atoms with Gasteiger partial charge in [0.2, 0.25) is 5.89 Å². The third-order valence-electron chi connectivity index (χ3n) is 2.92. The van der Waals surface area contributed by atoms with Crippen molar-refractivity contribution >= 4 is 0 Å². The molecular weight excluding hydrogens is 140 g/mol. The Morgan fingerprint density at radius 1 is 1.73 bits per heavy atom. The summed E-state index contributed by atoms with van der Waals surface area (Å²) in [7, 11) is 0. The Morgan fingerprint density at radius 3 is 3.27 bits per heavy atom. The summed E-state index contributed by atoms with van der Waals surface area (Å²) in [5.41, 5.74) is 0.295. The molecule has 2 aliphatic rings. The predicted molar refractivity (Wildman–Crippen MR) is 39.2 cm³/mol. The lowest BCUT2D eigenvalue weighted by Crippen LogP contribution is -2.19. The molecule has 11 heavy (non-hydrogen) atoms. The summed E-state index contributed by atoms with van der Waals surface area (Å²) >= 11 is 0. The second kappa shape index (κ2) is 1.67. The average Bonchev–Trinajstić information content (AvgIpc) is 2.56. The van der Waals surface area contributed by atoms with E-state index in [1.54, 1.807) is 12.5 Å². The second-order valence-corrected chi connectivity index (χ2v) is 3.53. The zero-order valence-corrected chi connectivity index (χ0v) is 6.21. The first-order chi connectivity index (χ1) is 5.42. The fraction of sp³-hybridized carbons (Fsp3) is 0.625. The molecule has 0 spiro atoms. The third-order valence-corrected chi connectivity index (χ3v) is 2.92. The van der Waals surface area contributed by atoms with Gasteiger partial charge in [0.1, 0.15) is 6.26 Å². The lowest BCUT2D eigenvalue weighted by Gasteiger charge is -2.04. The molecule has 1 aliphatic heterocycles. The van der Waals surface area contributed by atoms with E-state index in [-0.39, 0.29) is 0 Å². The van der Waals surface area contributed by atoms with Gasteiger partial charge in [-0.25, -0.2) is 4.98 Å². The molecular formula is C8H10N2O. The molecule has 0 aromatic carbocycles. The molecule has 58 valence electrons. The number of fused-ring (bicyclic) bond motifs is 1. The molecule has 1 aromatic rings. The van der Waals surface area contributed by atoms with E-state index in [0.29, 0.717) is 5.41 Å². The molecule has 1 saturated heterocycles. The molecule has 1 aliphatic carbocycles. The van der Waals surface area contributed by atoms with Crippen LogP contribution in [0.4, 0.5) is 0 Å². The Bertz CT molecular complexity index is 270. The number of hydrogen-bond acceptors (Lipinski definition) is 3. The van der Waals surface area contributed by atoms with Crippen molar-refractivity contribution in [2.24, 2.45) is 5.92 Å². The minimum atomic E-state index is 0.295. The van der Waals surface area contributed by atoms with Crippen LogP contribution in [-0.2, 0) is 5.41 Å². The summed E-state index contributed by atoms with van der Waals surface area (Å²) in [5, 5.41) is 3.35. The largest absolute Gasteiger partial charge is 0.448 e. The van der Waals surface area contributed by atoms with Crippen LogP contribution in [0.1, 0.15) is 12.3 Å². The van der Waals surface area contributed by atoms with E-state index < -0.39 is 0 Å². The Morgan fingerprint density at radius 2 is 2.73 bits per heavy atom. The van der Waals surface area contributed by atoms with Crippen molar-refractivity contribution in [1.29, 1.82) is 0 Å². The third kappa shape index (κ3) is 0.594. The maximum atomic E-state index is 5.31. The minimum Gasteiger partial charge on any atom is -0.448 e. The second-order valence-electron chi connectivity index (χ2n) is 3.53. The Kier molecular flexibility index (Phi) is 0.874. The maximum absolute atomic E-state index is 5.31. The molecule has 1 saturated carbocycles. The van der Waals surface area contributed by atoms with Gasteiger partial charge in [-0.15, -0.1) is 0 Å². The smallest absolute Gasteiger partial charge is 0.201 e. The van der Waals surface area contributed by atoms with E-state index in [2.05, 4.69) is 10.3 Å². The highest BCUT2D eigenvalue weighted by molar-refractivity contribution is 5.25. The van der Waals surface area contributed by atoms with Crippen molar-refractivity contribution in [3.05, 3.63) is 18.4 Å². The van der Waals surface area contributed by atoms with Crippen LogP contribution >= 0.6 is 0 Å². The predicted octanol–water partition coefficient (Wildman–Crippen LogP) is 0.535. The first-order valence-electron chi connectivity index (χ1n) is 4.02. The minimum absolute atomic E-state index is 0.295. The highest BCUT2D eigenvalue weighted by Gasteiger charge is 2.61. The summed E-state index contributed by atoms with van der Waals surface area (Å²) in [6.07, 6.45) is 4.66. The summed E-state index contributed by atoms with van der Waals surface area (Å²) in [4.78, 5) is 4.20. The first-order valence-corrected chi connectivity index (χ1v) is 4.02. The van der Waals surface area contributed by atoms with Gasteiger partial charge in [-0.3, -0.25) is 0 Å². The van der Waals surface area contributed by atoms with Crippen LogP contribution in [0.25, 0.3) is 0 Å². The number of nitrogens with zero attached hydrogens (tertiary/aromatic N) is 1. The summed E-state index contributed by atoms with van der Waals surface area (Å²) in [6, 6.07) is 0. The highest BCUT2D eigenvalue weighted by atomic mass is 16.3. The van der Waals surface area contributed by atoms with Crippen LogP contribution in [0.5, 0.6) is 0 Å². The molecule has 1 N–H and O–H groups in total. The van der Waals surface area contributed by atoms with Crippen LogP contribution in [-0.4, -0.2) is 18.1 Å². The monoisotopic (exact) mass is 150 g/mol. The van der Waals surface area contributed by atoms with Gasteiger partial charge in [0.15, 0.2) is 0 Å². The standard InChI is InChI=1S/C8H10N2O/c1-2-11-7(10-1)8-3-6(8)4-9-5-8/h1-2,6,9H,3-5H2. The number of aromatic nitrogens is 1. The molecule has 3 nitrogen and oxygen atoms in total. The van der Waals surface area contributed by atoms with E-state index >= 15 is 0 Å². The average molecular weight is 150 g/mol. The molecule has 0 bridgehead atoms. The number of piperidine rings is 1. The van der Waals surface area contributed by atoms with Crippen LogP contribution < -0.4 is 5.32 Å². The summed E-state index contributed by atoms with van der Waals surface area (Å²) in [5.74, 6) is 1.73. The fourth-order valence-corrected chi connectivity index (χ4v) is 2.14. The molecule has 1 aromatic heterocycles. The molecule has 3 rings (SSSR count). The van der Waals surface area contributed by atoms with Crippen LogP contribution in [0.2, 0.25) is 0 Å². The van der Waals surface area contributed by atoms with Gasteiger partial charge >= 0.3 is 0 Å². The topological polar surface area (TPSA) is 38.1 Å². The van der Waals surface area contributed by atoms with Crippen molar-refractivity contribution < 1.29 is 4.42 Å². The quantitative estimate of drug-likeness (QED) is 0.634. The van der Waals surface area contributed by atoms with E-state index in [1.165, 1.54) is 6.42 Å². The molecule has 0 amide bonds. The Balaban J connectivity index is 2.01. The lowest BCUT2D eigenvalue weighted by atomic mass is 10.1. The lowest BCUT2D eigenvalue weighted by molar-refractivity contribution is 0.435. The van der Waals surface area contributed by atoms with Gasteiger partial charge in [-0.05, 0) is 18.9 Å². The van der Waals surface area contributed by atoms with Crippen molar-refractivity contribution in [2.45, 2.75) is 11.8 Å². The number of rotatable bonds is 1. The first kappa shape index (κ1) is 5.77. The van der Waals surface area contributed by atoms with Crippen molar-refractivity contribution in [1.82, 2.24) is 10.3 Å². The van der Waals surface area contributed by atoms with Gasteiger partial charge in [0.05, 0.1) is 11.6 Å². The number of hydrogen-bond donors (Lipinski definition) is 1. The zero-order chi connectivity index (χ0) is 7.31. The molecule has 0 radical (unpaired) electrons. The van der Waals surface area contributed by atoms with Crippen LogP contribution in [0.15, 0.2) is 16.9 Å². The number of nitrogens with one attached hydrogen (secondary N) is 1.